The van der Waals surface area contributed by atoms with E-state index in [2.05, 4.69) is 47.9 Å². The van der Waals surface area contributed by atoms with E-state index in [1.54, 1.807) is 12.1 Å². The molecule has 0 aromatic heterocycles. The standard InChI is InChI=1S/C69H113N13O12/c70-38-16-13-31-57(80-63(87)44-19-1-7-25-51(44)74-60(84)47-22-4-10-28-54(47)77-66(90)50(73)41-42-34-36-43(83)37-35-42)67(91)78-55-29-11-5-23-48(55)61(85)75-52-26-8-2-20-45(52)64(88)81-58(32-14-17-39-71)68(92)79-56-30-12-6-24-49(56)62(86)76-53-27-9-3-21-46(53)65(89)82-59(69(93)94)33-15-18-40-72/h34-37,44-59,83H,1-33,38-41,70-73H2,(H,74,84)(H,75,85)(H,76,86)(H,77,90)(H,78,91)(H,79,92)(H,80,87)(H,81,88)(H,82,89)(H,93,94)/t44?,45?,46?,47?,48?,49?,50-,51?,52?,53?,54?,55?,56?,57-,58-,59-/m0/s1. The molecule has 0 aliphatic heterocycles. The van der Waals surface area contributed by atoms with Crippen LogP contribution in [-0.4, -0.2) is 149 Å². The molecule has 19 N–H and O–H groups in total. The fourth-order valence-corrected chi connectivity index (χ4v) is 15.5. The maximum absolute atomic E-state index is 14.6. The second-order valence-corrected chi connectivity index (χ2v) is 27.9. The third-order valence-electron chi connectivity index (χ3n) is 21.0. The highest BCUT2D eigenvalue weighted by Crippen LogP contribution is 2.33. The summed E-state index contributed by atoms with van der Waals surface area (Å²) in [6.45, 7) is 1.20. The van der Waals surface area contributed by atoms with Gasteiger partial charge in [0.1, 0.15) is 23.9 Å². The van der Waals surface area contributed by atoms with Crippen LogP contribution in [0.5, 0.6) is 5.75 Å². The highest BCUT2D eigenvalue weighted by Gasteiger charge is 2.43. The molecule has 7 rings (SSSR count). The van der Waals surface area contributed by atoms with E-state index in [1.165, 1.54) is 12.1 Å². The number of hydrogen-bond acceptors (Lipinski definition) is 15. The van der Waals surface area contributed by atoms with Gasteiger partial charge in [-0.3, -0.25) is 43.2 Å². The van der Waals surface area contributed by atoms with Crippen molar-refractivity contribution in [3.8, 4) is 5.75 Å². The Hall–Kier alpha value is -6.44. The first-order chi connectivity index (χ1) is 45.4. The number of nitrogens with one attached hydrogen (secondary N) is 9. The smallest absolute Gasteiger partial charge is 0.326 e. The molecule has 94 heavy (non-hydrogen) atoms. The fourth-order valence-electron chi connectivity index (χ4n) is 15.5. The van der Waals surface area contributed by atoms with Crippen LogP contribution in [0.4, 0.5) is 0 Å². The Morgan fingerprint density at radius 1 is 0.362 bits per heavy atom. The average Bonchev–Trinajstić information content (AvgIpc) is 3.17. The van der Waals surface area contributed by atoms with E-state index in [0.717, 1.165) is 82.6 Å². The van der Waals surface area contributed by atoms with Crippen molar-refractivity contribution in [1.82, 2.24) is 47.9 Å². The molecule has 0 spiro atoms. The first-order valence-electron chi connectivity index (χ1n) is 36.0. The molecule has 0 heterocycles. The van der Waals surface area contributed by atoms with Crippen LogP contribution in [0.3, 0.4) is 0 Å². The number of carboxylic acid groups (broad SMARTS) is 1. The van der Waals surface area contributed by atoms with Crippen LogP contribution in [0.25, 0.3) is 0 Å². The van der Waals surface area contributed by atoms with Crippen LogP contribution < -0.4 is 70.8 Å². The minimum atomic E-state index is -1.12. The Balaban J connectivity index is 0.947. The summed E-state index contributed by atoms with van der Waals surface area (Å²) in [5.74, 6) is -7.75. The largest absolute Gasteiger partial charge is 0.508 e. The van der Waals surface area contributed by atoms with Gasteiger partial charge in [-0.25, -0.2) is 4.79 Å². The van der Waals surface area contributed by atoms with E-state index >= 15 is 0 Å². The van der Waals surface area contributed by atoms with Crippen LogP contribution in [-0.2, 0) is 54.4 Å². The second-order valence-electron chi connectivity index (χ2n) is 27.9. The number of aliphatic carboxylic acids is 1. The molecule has 6 fully saturated rings. The summed E-state index contributed by atoms with van der Waals surface area (Å²) < 4.78 is 0. The summed E-state index contributed by atoms with van der Waals surface area (Å²) in [5, 5.41) is 47.3. The number of rotatable bonds is 33. The summed E-state index contributed by atoms with van der Waals surface area (Å²) in [6.07, 6.45) is 20.3. The molecule has 25 heteroatoms. The quantitative estimate of drug-likeness (QED) is 0.0449. The molecule has 0 bridgehead atoms. The predicted molar refractivity (Wildman–Crippen MR) is 355 cm³/mol. The zero-order valence-corrected chi connectivity index (χ0v) is 55.5. The second kappa shape index (κ2) is 38.9. The molecule has 1 aromatic carbocycles. The van der Waals surface area contributed by atoms with Crippen molar-refractivity contribution < 1.29 is 58.2 Å². The van der Waals surface area contributed by atoms with E-state index in [1.807, 2.05) is 0 Å². The number of carboxylic acids is 1. The summed E-state index contributed by atoms with van der Waals surface area (Å²) in [7, 11) is 0. The molecule has 6 aliphatic carbocycles. The van der Waals surface area contributed by atoms with Crippen molar-refractivity contribution in [2.75, 3.05) is 19.6 Å². The van der Waals surface area contributed by atoms with Gasteiger partial charge in [-0.05, 0) is 179 Å². The number of unbranched alkanes of at least 4 members (excludes halogenated alkanes) is 3. The lowest BCUT2D eigenvalue weighted by Gasteiger charge is -2.37. The Kier molecular flexibility index (Phi) is 31.1. The number of carbonyl (C=O) groups excluding carboxylic acids is 9. The lowest BCUT2D eigenvalue weighted by atomic mass is 9.80. The Bertz CT molecular complexity index is 2650. The number of carbonyl (C=O) groups is 10. The van der Waals surface area contributed by atoms with E-state index in [4.69, 9.17) is 22.9 Å². The molecule has 0 saturated heterocycles. The van der Waals surface area contributed by atoms with Gasteiger partial charge in [0, 0.05) is 36.3 Å². The topological polar surface area (TPSA) is 424 Å². The van der Waals surface area contributed by atoms with Gasteiger partial charge in [0.2, 0.25) is 53.2 Å². The number of phenols is 1. The number of phenolic OH excluding ortho intramolecular Hbond substituents is 1. The average molecular weight is 1320 g/mol. The highest BCUT2D eigenvalue weighted by molar-refractivity contribution is 5.92. The first kappa shape index (κ1) is 74.9. The van der Waals surface area contributed by atoms with Crippen molar-refractivity contribution in [3.63, 3.8) is 0 Å². The van der Waals surface area contributed by atoms with Crippen molar-refractivity contribution in [3.05, 3.63) is 29.8 Å². The van der Waals surface area contributed by atoms with Crippen molar-refractivity contribution in [2.45, 2.75) is 279 Å². The molecule has 6 aliphatic rings. The van der Waals surface area contributed by atoms with E-state index < -0.39 is 120 Å². The molecule has 0 radical (unpaired) electrons. The Morgan fingerprint density at radius 3 is 0.936 bits per heavy atom. The maximum Gasteiger partial charge on any atom is 0.326 e. The molecule has 16 atom stereocenters. The summed E-state index contributed by atoms with van der Waals surface area (Å²) in [4.78, 5) is 140. The molecular formula is C69H113N13O12. The zero-order valence-electron chi connectivity index (χ0n) is 55.5. The van der Waals surface area contributed by atoms with Crippen molar-refractivity contribution in [1.29, 1.82) is 0 Å². The van der Waals surface area contributed by atoms with Crippen molar-refractivity contribution >= 4 is 59.1 Å². The van der Waals surface area contributed by atoms with Crippen molar-refractivity contribution in [2.24, 2.45) is 58.4 Å². The molecule has 25 nitrogen and oxygen atoms in total. The number of amides is 9. The fraction of sp³-hybridized carbons (Fsp3) is 0.768. The van der Waals surface area contributed by atoms with Crippen LogP contribution in [0.2, 0.25) is 0 Å². The predicted octanol–water partition coefficient (Wildman–Crippen LogP) is 3.24. The van der Waals surface area contributed by atoms with Gasteiger partial charge < -0.3 is 81.0 Å². The van der Waals surface area contributed by atoms with Gasteiger partial charge in [-0.1, -0.05) is 89.2 Å². The van der Waals surface area contributed by atoms with Crippen LogP contribution in [0, 0.1) is 35.5 Å². The Morgan fingerprint density at radius 2 is 0.628 bits per heavy atom. The van der Waals surface area contributed by atoms with Crippen LogP contribution in [0.1, 0.15) is 217 Å². The lowest BCUT2D eigenvalue weighted by molar-refractivity contribution is -0.143. The maximum atomic E-state index is 14.6. The first-order valence-corrected chi connectivity index (χ1v) is 36.0. The summed E-state index contributed by atoms with van der Waals surface area (Å²) >= 11 is 0. The van der Waals surface area contributed by atoms with E-state index in [-0.39, 0.29) is 54.0 Å². The number of nitrogens with two attached hydrogens (primary N) is 4. The number of aromatic hydroxyl groups is 1. The SMILES string of the molecule is NCCCC[C@H](NC(=O)C1CCCCC1NC(=O)C1CCCCC1NC(=O)[C@H](CCCCN)NC(=O)C1CCCCC1NC(=O)C1CCCCC1NC(=O)[C@H](CCCCN)NC(=O)C1CCCCC1NC(=O)C1CCCCC1NC(=O)[C@@H](N)Cc1ccc(O)cc1)C(=O)O. The minimum Gasteiger partial charge on any atom is -0.508 e. The van der Waals surface area contributed by atoms with E-state index in [0.29, 0.717) is 148 Å². The monoisotopic (exact) mass is 1320 g/mol. The van der Waals surface area contributed by atoms with Gasteiger partial charge in [0.05, 0.1) is 41.5 Å². The molecule has 1 aromatic rings. The number of benzene rings is 1. The lowest BCUT2D eigenvalue weighted by Crippen LogP contribution is -2.59. The normalized spacial score (nSPS) is 27.7. The van der Waals surface area contributed by atoms with Gasteiger partial charge >= 0.3 is 5.97 Å². The number of hydrogen-bond donors (Lipinski definition) is 15. The minimum absolute atomic E-state index is 0.112. The van der Waals surface area contributed by atoms with Crippen LogP contribution in [0.15, 0.2) is 24.3 Å². The highest BCUT2D eigenvalue weighted by atomic mass is 16.4. The molecule has 6 saturated carbocycles. The Labute approximate surface area is 555 Å². The van der Waals surface area contributed by atoms with E-state index in [9.17, 15) is 58.2 Å². The summed E-state index contributed by atoms with van der Waals surface area (Å²) in [6, 6.07) is -0.421. The van der Waals surface area contributed by atoms with Gasteiger partial charge in [-0.15, -0.1) is 0 Å². The third kappa shape index (κ3) is 22.6. The molecule has 9 amide bonds. The molecular weight excluding hydrogens is 1200 g/mol. The zero-order chi connectivity index (χ0) is 67.5. The van der Waals surface area contributed by atoms with Crippen LogP contribution >= 0.6 is 0 Å². The van der Waals surface area contributed by atoms with Gasteiger partial charge in [-0.2, -0.15) is 0 Å². The summed E-state index contributed by atoms with van der Waals surface area (Å²) in [5.41, 5.74) is 24.5. The third-order valence-corrected chi connectivity index (χ3v) is 21.0. The van der Waals surface area contributed by atoms with Gasteiger partial charge in [0.15, 0.2) is 0 Å². The molecule has 526 valence electrons. The van der Waals surface area contributed by atoms with Gasteiger partial charge in [0.25, 0.3) is 0 Å². The molecule has 12 unspecified atom stereocenters.